The minimum Gasteiger partial charge on any atom is -0.480 e. The molecule has 2 aromatic carbocycles. The summed E-state index contributed by atoms with van der Waals surface area (Å²) >= 11 is 1.43. The van der Waals surface area contributed by atoms with Crippen LogP contribution in [0.4, 0.5) is 4.39 Å². The van der Waals surface area contributed by atoms with Crippen LogP contribution in [0.2, 0.25) is 18.1 Å². The van der Waals surface area contributed by atoms with Crippen molar-refractivity contribution in [1.29, 1.82) is 0 Å². The number of rotatable bonds is 10. The highest BCUT2D eigenvalue weighted by Crippen LogP contribution is 2.37. The molecule has 0 heterocycles. The van der Waals surface area contributed by atoms with Crippen LogP contribution in [-0.4, -0.2) is 30.4 Å². The summed E-state index contributed by atoms with van der Waals surface area (Å²) in [6, 6.07) is 14.4. The fourth-order valence-electron chi connectivity index (χ4n) is 2.65. The van der Waals surface area contributed by atoms with Crippen molar-refractivity contribution in [3.05, 3.63) is 71.0 Å². The Hall–Kier alpha value is -1.63. The van der Waals surface area contributed by atoms with Gasteiger partial charge >= 0.3 is 5.97 Å². The van der Waals surface area contributed by atoms with Crippen molar-refractivity contribution in [2.75, 3.05) is 5.75 Å². The van der Waals surface area contributed by atoms with E-state index in [1.54, 1.807) is 12.1 Å². The van der Waals surface area contributed by atoms with Crippen molar-refractivity contribution in [1.82, 2.24) is 0 Å². The zero-order valence-electron chi connectivity index (χ0n) is 18.6. The Morgan fingerprint density at radius 2 is 1.57 bits per heavy atom. The molecule has 0 fully saturated rings. The van der Waals surface area contributed by atoms with Gasteiger partial charge in [0.1, 0.15) is 11.1 Å². The van der Waals surface area contributed by atoms with Crippen LogP contribution in [0.25, 0.3) is 0 Å². The average Bonchev–Trinajstić information content (AvgIpc) is 2.67. The van der Waals surface area contributed by atoms with E-state index in [1.807, 2.05) is 24.3 Å². The minimum atomic E-state index is -1.79. The zero-order chi connectivity index (χ0) is 22.4. The average molecular weight is 449 g/mol. The maximum absolute atomic E-state index is 13.0. The van der Waals surface area contributed by atoms with Crippen LogP contribution >= 0.6 is 11.8 Å². The molecule has 2 rings (SSSR count). The van der Waals surface area contributed by atoms with E-state index in [2.05, 4.69) is 33.9 Å². The van der Waals surface area contributed by atoms with Crippen LogP contribution in [0.15, 0.2) is 48.5 Å². The van der Waals surface area contributed by atoms with Crippen LogP contribution in [0.1, 0.15) is 37.5 Å². The first kappa shape index (κ1) is 24.6. The smallest absolute Gasteiger partial charge is 0.316 e. The van der Waals surface area contributed by atoms with Gasteiger partial charge in [0.05, 0.1) is 6.61 Å². The number of carbonyl (C=O) groups is 1. The van der Waals surface area contributed by atoms with E-state index in [9.17, 15) is 14.3 Å². The van der Waals surface area contributed by atoms with E-state index >= 15 is 0 Å². The first-order chi connectivity index (χ1) is 14.0. The molecule has 0 spiro atoms. The molecular weight excluding hydrogens is 415 g/mol. The highest BCUT2D eigenvalue weighted by atomic mass is 32.2. The molecule has 2 aromatic rings. The van der Waals surface area contributed by atoms with Gasteiger partial charge in [-0.25, -0.2) is 4.39 Å². The number of halogens is 1. The number of carboxylic acid groups (broad SMARTS) is 1. The standard InChI is InChI=1S/C24H33FO3SSi/c1-24(2,3)30(4,5)28-17-20-8-6-19(7-9-20)16-22(23(26)27)29-15-14-18-10-12-21(25)13-11-18/h6-13,22H,14-17H2,1-5H3,(H,26,27). The number of benzene rings is 2. The van der Waals surface area contributed by atoms with Crippen LogP contribution in [-0.2, 0) is 28.7 Å². The van der Waals surface area contributed by atoms with Crippen molar-refractivity contribution in [2.24, 2.45) is 0 Å². The summed E-state index contributed by atoms with van der Waals surface area (Å²) in [5.74, 6) is -0.376. The van der Waals surface area contributed by atoms with Crippen molar-refractivity contribution >= 4 is 26.0 Å². The molecule has 164 valence electrons. The van der Waals surface area contributed by atoms with Gasteiger partial charge in [-0.2, -0.15) is 0 Å². The third-order valence-corrected chi connectivity index (χ3v) is 11.4. The van der Waals surface area contributed by atoms with Gasteiger partial charge in [-0.15, -0.1) is 11.8 Å². The number of aliphatic carboxylic acids is 1. The molecule has 6 heteroatoms. The summed E-state index contributed by atoms with van der Waals surface area (Å²) in [6.45, 7) is 11.7. The summed E-state index contributed by atoms with van der Waals surface area (Å²) in [5.41, 5.74) is 3.13. The van der Waals surface area contributed by atoms with Crippen molar-refractivity contribution < 1.29 is 18.7 Å². The predicted molar refractivity (Wildman–Crippen MR) is 126 cm³/mol. The third kappa shape index (κ3) is 7.56. The number of hydrogen-bond acceptors (Lipinski definition) is 3. The molecule has 3 nitrogen and oxygen atoms in total. The third-order valence-electron chi connectivity index (χ3n) is 5.75. The molecule has 0 radical (unpaired) electrons. The van der Waals surface area contributed by atoms with Crippen molar-refractivity contribution in [2.45, 2.75) is 63.6 Å². The molecule has 1 N–H and O–H groups in total. The summed E-state index contributed by atoms with van der Waals surface area (Å²) in [7, 11) is -1.79. The van der Waals surface area contributed by atoms with Crippen molar-refractivity contribution in [3.8, 4) is 0 Å². The van der Waals surface area contributed by atoms with Gasteiger partial charge in [0.25, 0.3) is 0 Å². The van der Waals surface area contributed by atoms with Crippen LogP contribution in [0.5, 0.6) is 0 Å². The van der Waals surface area contributed by atoms with Crippen LogP contribution in [0, 0.1) is 5.82 Å². The van der Waals surface area contributed by atoms with Gasteiger partial charge in [-0.1, -0.05) is 57.2 Å². The number of hydrogen-bond donors (Lipinski definition) is 1. The van der Waals surface area contributed by atoms with E-state index in [0.29, 0.717) is 18.8 Å². The second-order valence-corrected chi connectivity index (χ2v) is 15.3. The van der Waals surface area contributed by atoms with Crippen molar-refractivity contribution in [3.63, 3.8) is 0 Å². The van der Waals surface area contributed by atoms with Gasteiger partial charge < -0.3 is 9.53 Å². The zero-order valence-corrected chi connectivity index (χ0v) is 20.4. The fourth-order valence-corrected chi connectivity index (χ4v) is 4.71. The molecule has 0 aliphatic heterocycles. The number of aryl methyl sites for hydroxylation is 1. The topological polar surface area (TPSA) is 46.5 Å². The van der Waals surface area contributed by atoms with E-state index in [1.165, 1.54) is 23.9 Å². The lowest BCUT2D eigenvalue weighted by molar-refractivity contribution is -0.136. The molecule has 0 saturated heterocycles. The summed E-state index contributed by atoms with van der Waals surface area (Å²) < 4.78 is 19.2. The van der Waals surface area contributed by atoms with Gasteiger partial charge in [0.2, 0.25) is 0 Å². The monoisotopic (exact) mass is 448 g/mol. The molecule has 1 atom stereocenters. The first-order valence-corrected chi connectivity index (χ1v) is 14.2. The van der Waals surface area contributed by atoms with E-state index < -0.39 is 19.5 Å². The largest absolute Gasteiger partial charge is 0.480 e. The van der Waals surface area contributed by atoms with Gasteiger partial charge in [-0.3, -0.25) is 4.79 Å². The molecule has 30 heavy (non-hydrogen) atoms. The minimum absolute atomic E-state index is 0.173. The summed E-state index contributed by atoms with van der Waals surface area (Å²) in [5, 5.41) is 9.26. The fraction of sp³-hybridized carbons (Fsp3) is 0.458. The Bertz CT molecular complexity index is 814. The molecule has 0 bridgehead atoms. The second-order valence-electron chi connectivity index (χ2n) is 9.14. The van der Waals surface area contributed by atoms with E-state index in [-0.39, 0.29) is 10.9 Å². The van der Waals surface area contributed by atoms with Gasteiger partial charge in [0, 0.05) is 0 Å². The molecule has 0 aliphatic carbocycles. The molecule has 0 amide bonds. The van der Waals surface area contributed by atoms with Gasteiger partial charge in [0.15, 0.2) is 8.32 Å². The van der Waals surface area contributed by atoms with E-state index in [0.717, 1.165) is 23.1 Å². The molecule has 1 unspecified atom stereocenters. The van der Waals surface area contributed by atoms with Crippen LogP contribution < -0.4 is 0 Å². The van der Waals surface area contributed by atoms with Gasteiger partial charge in [-0.05, 0) is 65.5 Å². The maximum Gasteiger partial charge on any atom is 0.316 e. The molecule has 0 saturated carbocycles. The summed E-state index contributed by atoms with van der Waals surface area (Å²) in [4.78, 5) is 11.7. The Balaban J connectivity index is 1.88. The Kier molecular flexibility index (Phi) is 8.70. The normalized spacial score (nSPS) is 13.3. The number of carboxylic acids is 1. The summed E-state index contributed by atoms with van der Waals surface area (Å²) in [6.07, 6.45) is 1.20. The highest BCUT2D eigenvalue weighted by Gasteiger charge is 2.37. The first-order valence-electron chi connectivity index (χ1n) is 10.3. The Labute approximate surface area is 185 Å². The second kappa shape index (κ2) is 10.6. The Morgan fingerprint density at radius 1 is 1.03 bits per heavy atom. The van der Waals surface area contributed by atoms with E-state index in [4.69, 9.17) is 4.43 Å². The predicted octanol–water partition coefficient (Wildman–Crippen LogP) is 6.32. The lowest BCUT2D eigenvalue weighted by atomic mass is 10.1. The lowest BCUT2D eigenvalue weighted by Crippen LogP contribution is -2.40. The SMILES string of the molecule is CC(C)(C)[Si](C)(C)OCc1ccc(CC(SCCc2ccc(F)cc2)C(=O)O)cc1. The molecule has 0 aliphatic rings. The number of thioether (sulfide) groups is 1. The quantitative estimate of drug-likeness (QED) is 0.432. The highest BCUT2D eigenvalue weighted by molar-refractivity contribution is 8.00. The molecular formula is C24H33FO3SSi. The lowest BCUT2D eigenvalue weighted by Gasteiger charge is -2.36. The molecule has 0 aromatic heterocycles. The van der Waals surface area contributed by atoms with Crippen LogP contribution in [0.3, 0.4) is 0 Å². The Morgan fingerprint density at radius 3 is 2.10 bits per heavy atom. The maximum atomic E-state index is 13.0.